The highest BCUT2D eigenvalue weighted by Crippen LogP contribution is 2.09. The Hall–Kier alpha value is -1.36. The summed E-state index contributed by atoms with van der Waals surface area (Å²) in [6.45, 7) is 1.92. The van der Waals surface area contributed by atoms with E-state index in [-0.39, 0.29) is 17.3 Å². The zero-order chi connectivity index (χ0) is 9.84. The number of halogens is 1. The number of aromatic nitrogens is 2. The van der Waals surface area contributed by atoms with Gasteiger partial charge in [0, 0.05) is 0 Å². The van der Waals surface area contributed by atoms with Gasteiger partial charge in [0.05, 0.1) is 12.8 Å². The molecule has 0 aliphatic carbocycles. The van der Waals surface area contributed by atoms with E-state index in [2.05, 4.69) is 14.7 Å². The molecular formula is C7H7ClN2O3. The lowest BCUT2D eigenvalue weighted by Gasteiger charge is -2.01. The van der Waals surface area contributed by atoms with Gasteiger partial charge in [-0.3, -0.25) is 4.98 Å². The smallest absolute Gasteiger partial charge is 0.346 e. The maximum atomic E-state index is 11.1. The van der Waals surface area contributed by atoms with Crippen molar-refractivity contribution in [3.05, 3.63) is 27.4 Å². The highest BCUT2D eigenvalue weighted by Gasteiger charge is 2.11. The van der Waals surface area contributed by atoms with Crippen molar-refractivity contribution in [2.45, 2.75) is 6.92 Å². The third kappa shape index (κ3) is 2.29. The number of carbonyl (C=O) groups is 1. The molecule has 1 rings (SSSR count). The lowest BCUT2D eigenvalue weighted by molar-refractivity contribution is 0.0525. The first-order valence-corrected chi connectivity index (χ1v) is 3.95. The predicted molar refractivity (Wildman–Crippen MR) is 45.8 cm³/mol. The van der Waals surface area contributed by atoms with E-state index in [0.717, 1.165) is 6.20 Å². The van der Waals surface area contributed by atoms with Crippen molar-refractivity contribution in [2.24, 2.45) is 0 Å². The van der Waals surface area contributed by atoms with Gasteiger partial charge in [-0.1, -0.05) is 11.6 Å². The summed E-state index contributed by atoms with van der Waals surface area (Å²) < 4.78 is 4.66. The van der Waals surface area contributed by atoms with Crippen molar-refractivity contribution in [3.63, 3.8) is 0 Å². The van der Waals surface area contributed by atoms with E-state index < -0.39 is 11.7 Å². The number of rotatable bonds is 2. The second-order valence-electron chi connectivity index (χ2n) is 2.14. The second-order valence-corrected chi connectivity index (χ2v) is 2.51. The number of hydrogen-bond donors (Lipinski definition) is 1. The fraction of sp³-hybridized carbons (Fsp3) is 0.286. The van der Waals surface area contributed by atoms with Gasteiger partial charge in [0.25, 0.3) is 0 Å². The van der Waals surface area contributed by atoms with Crippen molar-refractivity contribution < 1.29 is 9.53 Å². The molecule has 1 aromatic rings. The van der Waals surface area contributed by atoms with Crippen LogP contribution in [-0.4, -0.2) is 22.5 Å². The molecule has 0 bridgehead atoms. The van der Waals surface area contributed by atoms with Crippen LogP contribution < -0.4 is 5.69 Å². The normalized spacial score (nSPS) is 9.69. The fourth-order valence-corrected chi connectivity index (χ4v) is 0.931. The van der Waals surface area contributed by atoms with Crippen LogP contribution in [0.25, 0.3) is 0 Å². The van der Waals surface area contributed by atoms with Gasteiger partial charge in [-0.2, -0.15) is 0 Å². The molecule has 5 nitrogen and oxygen atoms in total. The quantitative estimate of drug-likeness (QED) is 0.563. The van der Waals surface area contributed by atoms with E-state index in [0.29, 0.717) is 0 Å². The van der Waals surface area contributed by atoms with Crippen LogP contribution in [0.3, 0.4) is 0 Å². The van der Waals surface area contributed by atoms with Gasteiger partial charge in [-0.15, -0.1) is 0 Å². The van der Waals surface area contributed by atoms with E-state index in [4.69, 9.17) is 11.6 Å². The van der Waals surface area contributed by atoms with Gasteiger partial charge in [0.2, 0.25) is 0 Å². The van der Waals surface area contributed by atoms with E-state index in [9.17, 15) is 9.59 Å². The zero-order valence-electron chi connectivity index (χ0n) is 6.83. The van der Waals surface area contributed by atoms with E-state index >= 15 is 0 Å². The van der Waals surface area contributed by atoms with Crippen LogP contribution in [0.15, 0.2) is 11.0 Å². The maximum absolute atomic E-state index is 11.1. The Morgan fingerprint density at radius 3 is 3.00 bits per heavy atom. The van der Waals surface area contributed by atoms with Crippen LogP contribution in [0.1, 0.15) is 17.3 Å². The minimum atomic E-state index is -0.601. The molecule has 1 heterocycles. The molecule has 0 atom stereocenters. The lowest BCUT2D eigenvalue weighted by atomic mass is 10.3. The SMILES string of the molecule is CCOC(=O)c1cnc(=O)[nH]c1Cl. The highest BCUT2D eigenvalue weighted by molar-refractivity contribution is 6.32. The van der Waals surface area contributed by atoms with Crippen LogP contribution in [0.5, 0.6) is 0 Å². The summed E-state index contributed by atoms with van der Waals surface area (Å²) >= 11 is 5.56. The molecule has 0 unspecified atom stereocenters. The maximum Gasteiger partial charge on any atom is 0.346 e. The Kier molecular flexibility index (Phi) is 3.02. The number of H-pyrrole nitrogens is 1. The minimum absolute atomic E-state index is 0.0570. The molecule has 0 aliphatic rings. The number of carbonyl (C=O) groups excluding carboxylic acids is 1. The Balaban J connectivity index is 3.02. The van der Waals surface area contributed by atoms with Gasteiger partial charge in [0.15, 0.2) is 0 Å². The zero-order valence-corrected chi connectivity index (χ0v) is 7.59. The molecule has 1 N–H and O–H groups in total. The second kappa shape index (κ2) is 4.04. The first-order valence-electron chi connectivity index (χ1n) is 3.57. The van der Waals surface area contributed by atoms with Crippen molar-refractivity contribution in [1.82, 2.24) is 9.97 Å². The molecule has 0 amide bonds. The molecule has 0 aromatic carbocycles. The predicted octanol–water partition coefficient (Wildman–Crippen LogP) is 0.600. The summed E-state index contributed by atoms with van der Waals surface area (Å²) in [4.78, 5) is 27.3. The number of esters is 1. The molecule has 0 spiro atoms. The number of hydrogen-bond acceptors (Lipinski definition) is 4. The first kappa shape index (κ1) is 9.73. The van der Waals surface area contributed by atoms with Crippen LogP contribution in [0.2, 0.25) is 5.15 Å². The number of nitrogens with zero attached hydrogens (tertiary/aromatic N) is 1. The largest absolute Gasteiger partial charge is 0.462 e. The van der Waals surface area contributed by atoms with E-state index in [1.54, 1.807) is 6.92 Å². The summed E-state index contributed by atoms with van der Waals surface area (Å²) in [6, 6.07) is 0. The Labute approximate surface area is 78.7 Å². The van der Waals surface area contributed by atoms with Crippen molar-refractivity contribution in [3.8, 4) is 0 Å². The minimum Gasteiger partial charge on any atom is -0.462 e. The van der Waals surface area contributed by atoms with Gasteiger partial charge in [-0.05, 0) is 6.92 Å². The first-order chi connectivity index (χ1) is 6.15. The van der Waals surface area contributed by atoms with Crippen molar-refractivity contribution in [1.29, 1.82) is 0 Å². The third-order valence-corrected chi connectivity index (χ3v) is 1.56. The molecule has 6 heteroatoms. The lowest BCUT2D eigenvalue weighted by Crippen LogP contribution is -2.15. The number of ether oxygens (including phenoxy) is 1. The Morgan fingerprint density at radius 1 is 1.77 bits per heavy atom. The summed E-state index contributed by atoms with van der Waals surface area (Å²) in [7, 11) is 0. The van der Waals surface area contributed by atoms with Gasteiger partial charge < -0.3 is 4.74 Å². The third-order valence-electron chi connectivity index (χ3n) is 1.26. The monoisotopic (exact) mass is 202 g/mol. The Bertz CT molecular complexity index is 374. The van der Waals surface area contributed by atoms with E-state index in [1.807, 2.05) is 0 Å². The molecule has 0 saturated heterocycles. The van der Waals surface area contributed by atoms with Crippen molar-refractivity contribution >= 4 is 17.6 Å². The molecular weight excluding hydrogens is 196 g/mol. The van der Waals surface area contributed by atoms with Gasteiger partial charge in [0.1, 0.15) is 10.7 Å². The average Bonchev–Trinajstić information content (AvgIpc) is 2.04. The molecule has 0 aliphatic heterocycles. The number of aromatic amines is 1. The van der Waals surface area contributed by atoms with Gasteiger partial charge >= 0.3 is 11.7 Å². The van der Waals surface area contributed by atoms with Gasteiger partial charge in [-0.25, -0.2) is 14.6 Å². The molecule has 0 fully saturated rings. The van der Waals surface area contributed by atoms with Crippen LogP contribution in [0.4, 0.5) is 0 Å². The number of nitrogens with one attached hydrogen (secondary N) is 1. The highest BCUT2D eigenvalue weighted by atomic mass is 35.5. The van der Waals surface area contributed by atoms with Crippen LogP contribution in [-0.2, 0) is 4.74 Å². The summed E-state index contributed by atoms with van der Waals surface area (Å²) in [6.07, 6.45) is 1.08. The molecule has 70 valence electrons. The summed E-state index contributed by atoms with van der Waals surface area (Å²) in [5.41, 5.74) is -0.541. The van der Waals surface area contributed by atoms with Crippen LogP contribution >= 0.6 is 11.6 Å². The fourth-order valence-electron chi connectivity index (χ4n) is 0.724. The van der Waals surface area contributed by atoms with Crippen LogP contribution in [0, 0.1) is 0 Å². The summed E-state index contributed by atoms with van der Waals surface area (Å²) in [5.74, 6) is -0.601. The Morgan fingerprint density at radius 2 is 2.46 bits per heavy atom. The molecule has 0 radical (unpaired) electrons. The standard InChI is InChI=1S/C7H7ClN2O3/c1-2-13-6(11)4-3-9-7(12)10-5(4)8/h3H,2H2,1H3,(H,9,10,12). The molecule has 1 aromatic heterocycles. The van der Waals surface area contributed by atoms with Crippen molar-refractivity contribution in [2.75, 3.05) is 6.61 Å². The topological polar surface area (TPSA) is 72.0 Å². The van der Waals surface area contributed by atoms with E-state index in [1.165, 1.54) is 0 Å². The average molecular weight is 203 g/mol. The molecule has 13 heavy (non-hydrogen) atoms. The summed E-state index contributed by atoms with van der Waals surface area (Å²) in [5, 5.41) is -0.0570. The molecule has 0 saturated carbocycles.